The zero-order chi connectivity index (χ0) is 16.4. The van der Waals surface area contributed by atoms with Crippen molar-refractivity contribution in [2.45, 2.75) is 27.7 Å². The maximum absolute atomic E-state index is 2.40. The maximum atomic E-state index is 2.40. The van der Waals surface area contributed by atoms with Gasteiger partial charge in [-0.15, -0.1) is 0 Å². The zero-order valence-electron chi connectivity index (χ0n) is 14.3. The Bertz CT molecular complexity index is 727. The molecular weight excluding hydrogens is 278 g/mol. The van der Waals surface area contributed by atoms with Crippen LogP contribution in [0.4, 0.5) is 17.1 Å². The van der Waals surface area contributed by atoms with Crippen LogP contribution in [-0.2, 0) is 0 Å². The first-order valence-corrected chi connectivity index (χ1v) is 8.07. The quantitative estimate of drug-likeness (QED) is 0.541. The smallest absolute Gasteiger partial charge is 0.0520 e. The lowest BCUT2D eigenvalue weighted by molar-refractivity contribution is 1.18. The highest BCUT2D eigenvalue weighted by Crippen LogP contribution is 2.41. The number of benzene rings is 3. The summed E-state index contributed by atoms with van der Waals surface area (Å²) in [5.41, 5.74) is 8.90. The third-order valence-corrected chi connectivity index (χ3v) is 4.34. The summed E-state index contributed by atoms with van der Waals surface area (Å²) in [6.45, 7) is 8.75. The van der Waals surface area contributed by atoms with Crippen LogP contribution in [0.2, 0.25) is 0 Å². The van der Waals surface area contributed by atoms with E-state index in [1.165, 1.54) is 39.3 Å². The average molecular weight is 301 g/mol. The zero-order valence-corrected chi connectivity index (χ0v) is 14.3. The van der Waals surface area contributed by atoms with Crippen LogP contribution in [0.15, 0.2) is 66.7 Å². The fourth-order valence-electron chi connectivity index (χ4n) is 3.26. The highest BCUT2D eigenvalue weighted by atomic mass is 15.1. The first kappa shape index (κ1) is 15.4. The number of aryl methyl sites for hydroxylation is 4. The number of nitrogens with zero attached hydrogens (tertiary/aromatic N) is 1. The minimum atomic E-state index is 1.20. The summed E-state index contributed by atoms with van der Waals surface area (Å²) in [6.07, 6.45) is 0. The van der Waals surface area contributed by atoms with E-state index in [0.717, 1.165) is 0 Å². The van der Waals surface area contributed by atoms with E-state index in [1.54, 1.807) is 0 Å². The van der Waals surface area contributed by atoms with Gasteiger partial charge in [-0.1, -0.05) is 54.6 Å². The molecule has 0 saturated heterocycles. The van der Waals surface area contributed by atoms with Crippen LogP contribution in [0.1, 0.15) is 22.3 Å². The molecule has 0 amide bonds. The van der Waals surface area contributed by atoms with E-state index in [9.17, 15) is 0 Å². The number of hydrogen-bond donors (Lipinski definition) is 0. The summed E-state index contributed by atoms with van der Waals surface area (Å²) in [5.74, 6) is 0. The fourth-order valence-corrected chi connectivity index (χ4v) is 3.26. The van der Waals surface area contributed by atoms with Crippen LogP contribution in [0.5, 0.6) is 0 Å². The second-order valence-electron chi connectivity index (χ2n) is 6.15. The monoisotopic (exact) mass is 301 g/mol. The minimum Gasteiger partial charge on any atom is -0.309 e. The maximum Gasteiger partial charge on any atom is 0.0520 e. The van der Waals surface area contributed by atoms with Gasteiger partial charge in [-0.3, -0.25) is 0 Å². The summed E-state index contributed by atoms with van der Waals surface area (Å²) in [6, 6.07) is 23.6. The summed E-state index contributed by atoms with van der Waals surface area (Å²) in [7, 11) is 0. The Hall–Kier alpha value is -2.54. The lowest BCUT2D eigenvalue weighted by Crippen LogP contribution is -2.15. The summed E-state index contributed by atoms with van der Waals surface area (Å²) in [4.78, 5) is 2.40. The van der Waals surface area contributed by atoms with Gasteiger partial charge in [0.15, 0.2) is 0 Å². The van der Waals surface area contributed by atoms with Crippen molar-refractivity contribution in [2.75, 3.05) is 4.90 Å². The molecule has 0 aliphatic carbocycles. The lowest BCUT2D eigenvalue weighted by Gasteiger charge is -2.31. The van der Waals surface area contributed by atoms with Crippen molar-refractivity contribution in [3.8, 4) is 0 Å². The van der Waals surface area contributed by atoms with Crippen molar-refractivity contribution in [1.29, 1.82) is 0 Å². The van der Waals surface area contributed by atoms with E-state index in [4.69, 9.17) is 0 Å². The SMILES string of the molecule is Cc1cccc(C)c1N(c1ccccc1)c1c(C)cccc1C. The Morgan fingerprint density at radius 2 is 0.870 bits per heavy atom. The number of para-hydroxylation sites is 3. The molecule has 0 atom stereocenters. The van der Waals surface area contributed by atoms with E-state index in [0.29, 0.717) is 0 Å². The molecule has 0 radical (unpaired) electrons. The summed E-state index contributed by atoms with van der Waals surface area (Å²) in [5, 5.41) is 0. The number of anilines is 3. The topological polar surface area (TPSA) is 3.24 Å². The summed E-state index contributed by atoms with van der Waals surface area (Å²) < 4.78 is 0. The van der Waals surface area contributed by atoms with Crippen molar-refractivity contribution in [3.63, 3.8) is 0 Å². The number of rotatable bonds is 3. The first-order valence-electron chi connectivity index (χ1n) is 8.07. The number of hydrogen-bond acceptors (Lipinski definition) is 1. The second-order valence-corrected chi connectivity index (χ2v) is 6.15. The molecule has 0 bridgehead atoms. The molecule has 0 heterocycles. The highest BCUT2D eigenvalue weighted by molar-refractivity contribution is 5.83. The fraction of sp³-hybridized carbons (Fsp3) is 0.182. The molecule has 23 heavy (non-hydrogen) atoms. The van der Waals surface area contributed by atoms with Gasteiger partial charge < -0.3 is 4.90 Å². The van der Waals surface area contributed by atoms with Gasteiger partial charge in [0.2, 0.25) is 0 Å². The Kier molecular flexibility index (Phi) is 4.20. The normalized spacial score (nSPS) is 10.6. The molecule has 0 saturated carbocycles. The van der Waals surface area contributed by atoms with Crippen molar-refractivity contribution in [2.24, 2.45) is 0 Å². The minimum absolute atomic E-state index is 1.20. The Balaban J connectivity index is 2.33. The van der Waals surface area contributed by atoms with E-state index in [1.807, 2.05) is 0 Å². The standard InChI is InChI=1S/C22H23N/c1-16-10-8-11-17(2)21(16)23(20-14-6-5-7-15-20)22-18(3)12-9-13-19(22)4/h5-15H,1-4H3. The van der Waals surface area contributed by atoms with Crippen LogP contribution in [0.3, 0.4) is 0 Å². The van der Waals surface area contributed by atoms with Crippen molar-refractivity contribution in [3.05, 3.63) is 89.0 Å². The van der Waals surface area contributed by atoms with Crippen LogP contribution >= 0.6 is 0 Å². The summed E-state index contributed by atoms with van der Waals surface area (Å²) >= 11 is 0. The third-order valence-electron chi connectivity index (χ3n) is 4.34. The molecule has 1 nitrogen and oxygen atoms in total. The molecule has 0 aliphatic heterocycles. The van der Waals surface area contributed by atoms with Crippen molar-refractivity contribution < 1.29 is 0 Å². The molecule has 3 rings (SSSR count). The largest absolute Gasteiger partial charge is 0.309 e. The Morgan fingerprint density at radius 3 is 1.26 bits per heavy atom. The molecule has 116 valence electrons. The van der Waals surface area contributed by atoms with Gasteiger partial charge in [-0.2, -0.15) is 0 Å². The molecule has 0 aliphatic rings. The van der Waals surface area contributed by atoms with Gasteiger partial charge in [-0.25, -0.2) is 0 Å². The van der Waals surface area contributed by atoms with Gasteiger partial charge in [-0.05, 0) is 62.1 Å². The average Bonchev–Trinajstić information content (AvgIpc) is 2.53. The third kappa shape index (κ3) is 2.87. The van der Waals surface area contributed by atoms with Crippen LogP contribution in [0, 0.1) is 27.7 Å². The highest BCUT2D eigenvalue weighted by Gasteiger charge is 2.19. The molecule has 3 aromatic carbocycles. The van der Waals surface area contributed by atoms with Gasteiger partial charge in [0.25, 0.3) is 0 Å². The van der Waals surface area contributed by atoms with Gasteiger partial charge in [0, 0.05) is 5.69 Å². The second kappa shape index (κ2) is 6.29. The van der Waals surface area contributed by atoms with E-state index >= 15 is 0 Å². The van der Waals surface area contributed by atoms with Gasteiger partial charge in [0.1, 0.15) is 0 Å². The first-order chi connectivity index (χ1) is 11.1. The molecular formula is C22H23N. The van der Waals surface area contributed by atoms with Crippen LogP contribution < -0.4 is 4.90 Å². The molecule has 0 spiro atoms. The molecule has 3 aromatic rings. The molecule has 0 unspecified atom stereocenters. The van der Waals surface area contributed by atoms with Crippen LogP contribution in [0.25, 0.3) is 0 Å². The predicted molar refractivity (Wildman–Crippen MR) is 100 cm³/mol. The van der Waals surface area contributed by atoms with Gasteiger partial charge >= 0.3 is 0 Å². The molecule has 0 N–H and O–H groups in total. The van der Waals surface area contributed by atoms with Crippen molar-refractivity contribution >= 4 is 17.1 Å². The molecule has 1 heteroatoms. The van der Waals surface area contributed by atoms with Crippen LogP contribution in [-0.4, -0.2) is 0 Å². The molecule has 0 fully saturated rings. The molecule has 0 aromatic heterocycles. The Labute approximate surface area is 139 Å². The van der Waals surface area contributed by atoms with E-state index in [-0.39, 0.29) is 0 Å². The Morgan fingerprint density at radius 1 is 0.478 bits per heavy atom. The van der Waals surface area contributed by atoms with Gasteiger partial charge in [0.05, 0.1) is 11.4 Å². The van der Waals surface area contributed by atoms with E-state index in [2.05, 4.69) is 99.3 Å². The van der Waals surface area contributed by atoms with E-state index < -0.39 is 0 Å². The lowest BCUT2D eigenvalue weighted by atomic mass is 10.0. The van der Waals surface area contributed by atoms with Crippen molar-refractivity contribution in [1.82, 2.24) is 0 Å². The predicted octanol–water partition coefficient (Wildman–Crippen LogP) is 6.39.